The molecule has 2 aliphatic rings. The molecular weight excluding hydrogens is 653 g/mol. The Morgan fingerprint density at radius 1 is 1.08 bits per heavy atom. The fourth-order valence-corrected chi connectivity index (χ4v) is 6.81. The first-order valence-electron chi connectivity index (χ1n) is 15.0. The standard InChI is InChI=1S/C31H33F3N8O5S/c1-18-8-11-42(40-18)24-14-20(19-2-5-21(6-3-19)48(36,45)46)4-7-22(24)27(31(32,33)34)47-26-15-25(38-29(35)39-26)41-12-9-30(10-13-41)16-23(28(43)44)37-17-30/h2-8,11,14-15,23,27,37H,9-10,12-13,16-17H2,1H3,(H,43,44)(H2,35,38,39)(H2,36,45,46)/t23-,27+/m0/s1. The Hall–Kier alpha value is -4.74. The summed E-state index contributed by atoms with van der Waals surface area (Å²) in [5, 5.41) is 22.0. The molecule has 2 aromatic carbocycles. The van der Waals surface area contributed by atoms with E-state index < -0.39 is 34.3 Å². The molecule has 1 spiro atoms. The van der Waals surface area contributed by atoms with Crippen LogP contribution in [0.25, 0.3) is 16.8 Å². The van der Waals surface area contributed by atoms with Crippen molar-refractivity contribution >= 4 is 27.8 Å². The molecule has 13 nitrogen and oxygen atoms in total. The highest BCUT2D eigenvalue weighted by Crippen LogP contribution is 2.43. The molecule has 2 fully saturated rings. The zero-order chi connectivity index (χ0) is 34.4. The minimum absolute atomic E-state index is 0.0758. The summed E-state index contributed by atoms with van der Waals surface area (Å²) in [4.78, 5) is 21.4. The molecule has 2 aliphatic heterocycles. The summed E-state index contributed by atoms with van der Waals surface area (Å²) in [5.74, 6) is -1.23. The number of alkyl halides is 3. The summed E-state index contributed by atoms with van der Waals surface area (Å²) in [6.45, 7) is 3.26. The lowest BCUT2D eigenvalue weighted by molar-refractivity contribution is -0.198. The van der Waals surface area contributed by atoms with Crippen molar-refractivity contribution in [3.8, 4) is 22.7 Å². The Kier molecular flexibility index (Phi) is 8.55. The van der Waals surface area contributed by atoms with Crippen LogP contribution in [0.1, 0.15) is 36.6 Å². The number of nitrogens with zero attached hydrogens (tertiary/aromatic N) is 5. The molecule has 2 aromatic heterocycles. The van der Waals surface area contributed by atoms with Crippen molar-refractivity contribution in [3.63, 3.8) is 0 Å². The number of hydrogen-bond acceptors (Lipinski definition) is 10. The molecule has 48 heavy (non-hydrogen) atoms. The van der Waals surface area contributed by atoms with Crippen LogP contribution in [-0.2, 0) is 14.8 Å². The highest BCUT2D eigenvalue weighted by atomic mass is 32.2. The van der Waals surface area contributed by atoms with Crippen molar-refractivity contribution in [1.82, 2.24) is 25.1 Å². The monoisotopic (exact) mass is 686 g/mol. The lowest BCUT2D eigenvalue weighted by Crippen LogP contribution is -2.41. The van der Waals surface area contributed by atoms with Gasteiger partial charge in [-0.15, -0.1) is 0 Å². The number of benzene rings is 2. The second-order valence-corrected chi connectivity index (χ2v) is 13.7. The summed E-state index contributed by atoms with van der Waals surface area (Å²) in [5.41, 5.74) is 7.19. The van der Waals surface area contributed by atoms with Crippen LogP contribution < -0.4 is 25.8 Å². The van der Waals surface area contributed by atoms with Crippen LogP contribution in [0, 0.1) is 12.3 Å². The van der Waals surface area contributed by atoms with Gasteiger partial charge in [0.25, 0.3) is 0 Å². The summed E-state index contributed by atoms with van der Waals surface area (Å²) >= 11 is 0. The highest BCUT2D eigenvalue weighted by molar-refractivity contribution is 7.89. The molecule has 4 aromatic rings. The van der Waals surface area contributed by atoms with Gasteiger partial charge in [-0.3, -0.25) is 4.79 Å². The van der Waals surface area contributed by atoms with Gasteiger partial charge in [0, 0.05) is 37.5 Å². The predicted molar refractivity (Wildman–Crippen MR) is 169 cm³/mol. The average molecular weight is 687 g/mol. The first-order chi connectivity index (χ1) is 22.6. The number of aryl methyl sites for hydroxylation is 1. The number of aliphatic carboxylic acids is 1. The van der Waals surface area contributed by atoms with Crippen molar-refractivity contribution in [3.05, 3.63) is 72.1 Å². The van der Waals surface area contributed by atoms with E-state index in [9.17, 15) is 31.5 Å². The number of piperidine rings is 1. The fourth-order valence-electron chi connectivity index (χ4n) is 6.29. The normalized spacial score (nSPS) is 18.6. The summed E-state index contributed by atoms with van der Waals surface area (Å²) in [6.07, 6.45) is -4.03. The lowest BCUT2D eigenvalue weighted by Gasteiger charge is -2.39. The van der Waals surface area contributed by atoms with E-state index in [-0.39, 0.29) is 33.4 Å². The molecule has 2 saturated heterocycles. The molecule has 0 bridgehead atoms. The molecule has 17 heteroatoms. The van der Waals surface area contributed by atoms with E-state index in [0.717, 1.165) is 0 Å². The van der Waals surface area contributed by atoms with Gasteiger partial charge >= 0.3 is 12.1 Å². The zero-order valence-corrected chi connectivity index (χ0v) is 26.5. The first-order valence-corrected chi connectivity index (χ1v) is 16.5. The maximum Gasteiger partial charge on any atom is 0.429 e. The van der Waals surface area contributed by atoms with Crippen molar-refractivity contribution in [2.24, 2.45) is 10.6 Å². The maximum atomic E-state index is 14.8. The van der Waals surface area contributed by atoms with Gasteiger partial charge in [-0.2, -0.15) is 28.2 Å². The second kappa shape index (κ2) is 12.4. The van der Waals surface area contributed by atoms with Gasteiger partial charge in [0.1, 0.15) is 11.9 Å². The smallest absolute Gasteiger partial charge is 0.429 e. The van der Waals surface area contributed by atoms with Gasteiger partial charge in [0.2, 0.25) is 28.0 Å². The lowest BCUT2D eigenvalue weighted by atomic mass is 9.76. The van der Waals surface area contributed by atoms with Crippen molar-refractivity contribution in [1.29, 1.82) is 0 Å². The maximum absolute atomic E-state index is 14.8. The van der Waals surface area contributed by atoms with Crippen molar-refractivity contribution in [2.45, 2.75) is 49.4 Å². The number of halogens is 3. The van der Waals surface area contributed by atoms with E-state index in [0.29, 0.717) is 61.5 Å². The van der Waals surface area contributed by atoms with Crippen LogP contribution in [-0.4, -0.2) is 71.1 Å². The topological polar surface area (TPSA) is 192 Å². The van der Waals surface area contributed by atoms with Crippen LogP contribution in [0.5, 0.6) is 5.88 Å². The van der Waals surface area contributed by atoms with E-state index in [1.807, 2.05) is 4.90 Å². The molecule has 0 radical (unpaired) electrons. The number of primary sulfonamides is 1. The number of carbonyl (C=O) groups is 1. The van der Waals surface area contributed by atoms with Crippen molar-refractivity contribution < 1.29 is 36.2 Å². The summed E-state index contributed by atoms with van der Waals surface area (Å²) in [7, 11) is -3.94. The van der Waals surface area contributed by atoms with Crippen LogP contribution in [0.3, 0.4) is 0 Å². The van der Waals surface area contributed by atoms with Crippen molar-refractivity contribution in [2.75, 3.05) is 30.3 Å². The number of aromatic nitrogens is 4. The summed E-state index contributed by atoms with van der Waals surface area (Å²) in [6, 6.07) is 12.3. The van der Waals surface area contributed by atoms with E-state index in [1.165, 1.54) is 59.4 Å². The minimum Gasteiger partial charge on any atom is -0.480 e. The van der Waals surface area contributed by atoms with Crippen LogP contribution >= 0.6 is 0 Å². The predicted octanol–water partition coefficient (Wildman–Crippen LogP) is 3.58. The SMILES string of the molecule is Cc1ccn(-c2cc(-c3ccc(S(N)(=O)=O)cc3)ccc2[C@@H](Oc2cc(N3CCC4(CC3)CN[C@H](C(=O)O)C4)nc(N)n2)C(F)(F)F)n1. The first kappa shape index (κ1) is 33.2. The largest absolute Gasteiger partial charge is 0.480 e. The Balaban J connectivity index is 1.31. The van der Waals surface area contributed by atoms with E-state index >= 15 is 0 Å². The Morgan fingerprint density at radius 2 is 1.77 bits per heavy atom. The molecule has 6 rings (SSSR count). The van der Waals surface area contributed by atoms with Crippen LogP contribution in [0.15, 0.2) is 65.7 Å². The number of anilines is 2. The summed E-state index contributed by atoms with van der Waals surface area (Å²) < 4.78 is 74.8. The van der Waals surface area contributed by atoms with Gasteiger partial charge < -0.3 is 25.8 Å². The Labute approximate surface area is 273 Å². The molecule has 4 heterocycles. The number of nitrogens with one attached hydrogen (secondary N) is 1. The highest BCUT2D eigenvalue weighted by Gasteiger charge is 2.46. The van der Waals surface area contributed by atoms with Gasteiger partial charge in [0.15, 0.2) is 0 Å². The Bertz CT molecular complexity index is 1940. The molecule has 6 N–H and O–H groups in total. The molecule has 0 amide bonds. The number of sulfonamides is 1. The molecule has 0 saturated carbocycles. The number of ether oxygens (including phenoxy) is 1. The number of nitrogen functional groups attached to an aromatic ring is 1. The Morgan fingerprint density at radius 3 is 2.35 bits per heavy atom. The second-order valence-electron chi connectivity index (χ2n) is 12.2. The van der Waals surface area contributed by atoms with Gasteiger partial charge in [0.05, 0.1) is 16.3 Å². The fraction of sp³-hybridized carbons (Fsp3) is 0.355. The zero-order valence-electron chi connectivity index (χ0n) is 25.7. The average Bonchev–Trinajstić information content (AvgIpc) is 3.65. The third kappa shape index (κ3) is 6.93. The van der Waals surface area contributed by atoms with Crippen LogP contribution in [0.2, 0.25) is 0 Å². The quantitative estimate of drug-likeness (QED) is 0.212. The minimum atomic E-state index is -4.90. The van der Waals surface area contributed by atoms with Gasteiger partial charge in [-0.05, 0) is 67.0 Å². The number of rotatable bonds is 8. The molecule has 0 unspecified atom stereocenters. The van der Waals surface area contributed by atoms with E-state index in [4.69, 9.17) is 15.6 Å². The number of hydrogen-bond donors (Lipinski definition) is 4. The number of carboxylic acid groups (broad SMARTS) is 1. The molecular formula is C31H33F3N8O5S. The molecule has 0 aliphatic carbocycles. The third-order valence-electron chi connectivity index (χ3n) is 8.85. The van der Waals surface area contributed by atoms with Gasteiger partial charge in [-0.1, -0.05) is 24.3 Å². The molecule has 2 atom stereocenters. The third-order valence-corrected chi connectivity index (χ3v) is 9.78. The van der Waals surface area contributed by atoms with E-state index in [1.54, 1.807) is 13.0 Å². The van der Waals surface area contributed by atoms with E-state index in [2.05, 4.69) is 20.4 Å². The number of carboxylic acids is 1. The van der Waals surface area contributed by atoms with Gasteiger partial charge in [-0.25, -0.2) is 18.2 Å². The van der Waals surface area contributed by atoms with Crippen LogP contribution in [0.4, 0.5) is 24.9 Å². The molecule has 254 valence electrons. The number of nitrogens with two attached hydrogens (primary N) is 2.